The molecule has 4 heterocycles. The highest BCUT2D eigenvalue weighted by Crippen LogP contribution is 2.31. The molecule has 2 atom stereocenters. The molecule has 24 heteroatoms. The molecule has 0 bridgehead atoms. The molecule has 4 aromatic rings. The van der Waals surface area contributed by atoms with Gasteiger partial charge in [-0.3, -0.25) is 9.59 Å². The van der Waals surface area contributed by atoms with E-state index in [1.54, 1.807) is 0 Å². The van der Waals surface area contributed by atoms with Crippen molar-refractivity contribution in [2.45, 2.75) is 76.4 Å². The number of aliphatic hydroxyl groups excluding tert-OH is 2. The Morgan fingerprint density at radius 1 is 0.554 bits per heavy atom. The third kappa shape index (κ3) is 9.75. The fraction of sp³-hybridized carbons (Fsp3) is 0.438. The molecule has 0 aliphatic carbocycles. The van der Waals surface area contributed by atoms with Crippen molar-refractivity contribution in [3.8, 4) is 0 Å². The maximum atomic E-state index is 13.6. The molecule has 2 aromatic heterocycles. The molecule has 12 nitrogen and oxygen atoms in total. The van der Waals surface area contributed by atoms with Crippen molar-refractivity contribution in [1.82, 2.24) is 39.3 Å². The Bertz CT molecular complexity index is 1940. The summed E-state index contributed by atoms with van der Waals surface area (Å²) in [6.45, 7) is -0.908. The number of benzene rings is 2. The smallest absolute Gasteiger partial charge is 0.392 e. The van der Waals surface area contributed by atoms with E-state index in [4.69, 9.17) is 0 Å². The molecule has 2 aliphatic heterocycles. The summed E-state index contributed by atoms with van der Waals surface area (Å²) in [5.74, 6) is -11.0. The molecule has 0 fully saturated rings. The van der Waals surface area contributed by atoms with Crippen molar-refractivity contribution in [3.05, 3.63) is 93.6 Å². The van der Waals surface area contributed by atoms with E-state index < -0.39 is 109 Å². The van der Waals surface area contributed by atoms with Gasteiger partial charge in [-0.15, -0.1) is 20.4 Å². The van der Waals surface area contributed by atoms with Crippen LogP contribution in [-0.4, -0.2) is 86.7 Å². The molecule has 0 saturated carbocycles. The average Bonchev–Trinajstić information content (AvgIpc) is 3.74. The van der Waals surface area contributed by atoms with Crippen LogP contribution in [0.3, 0.4) is 0 Å². The van der Waals surface area contributed by atoms with Gasteiger partial charge in [-0.05, 0) is 23.3 Å². The van der Waals surface area contributed by atoms with Crippen LogP contribution in [0.15, 0.2) is 24.3 Å². The number of carbonyl (C=O) groups excluding carboxylic acids is 2. The van der Waals surface area contributed by atoms with Gasteiger partial charge in [-0.25, -0.2) is 26.3 Å². The first-order chi connectivity index (χ1) is 26.1. The lowest BCUT2D eigenvalue weighted by atomic mass is 10.0. The van der Waals surface area contributed by atoms with Gasteiger partial charge >= 0.3 is 12.4 Å². The summed E-state index contributed by atoms with van der Waals surface area (Å²) >= 11 is 0. The van der Waals surface area contributed by atoms with Gasteiger partial charge < -0.3 is 29.1 Å². The third-order valence-electron chi connectivity index (χ3n) is 8.63. The minimum Gasteiger partial charge on any atom is -0.392 e. The van der Waals surface area contributed by atoms with Gasteiger partial charge in [-0.2, -0.15) is 26.3 Å². The van der Waals surface area contributed by atoms with Crippen LogP contribution in [0.4, 0.5) is 52.7 Å². The molecule has 6 rings (SSSR count). The van der Waals surface area contributed by atoms with E-state index in [-0.39, 0.29) is 62.0 Å². The molecule has 2 aromatic carbocycles. The average molecular weight is 817 g/mol. The second-order valence-corrected chi connectivity index (χ2v) is 12.6. The number of carbonyl (C=O) groups is 2. The summed E-state index contributed by atoms with van der Waals surface area (Å²) in [6, 6.07) is 1.88. The largest absolute Gasteiger partial charge is 0.451 e. The van der Waals surface area contributed by atoms with Crippen molar-refractivity contribution >= 4 is 11.8 Å². The van der Waals surface area contributed by atoms with Crippen molar-refractivity contribution in [3.63, 3.8) is 0 Å². The fourth-order valence-electron chi connectivity index (χ4n) is 5.91. The van der Waals surface area contributed by atoms with E-state index in [9.17, 15) is 72.5 Å². The van der Waals surface area contributed by atoms with Gasteiger partial charge in [0.15, 0.2) is 34.9 Å². The van der Waals surface area contributed by atoms with Crippen molar-refractivity contribution in [2.75, 3.05) is 13.1 Å². The molecule has 2 aliphatic rings. The molecular formula is C32H28F12N8O4. The molecular weight excluding hydrogens is 788 g/mol. The topological polar surface area (TPSA) is 142 Å². The highest BCUT2D eigenvalue weighted by Gasteiger charge is 2.41. The van der Waals surface area contributed by atoms with E-state index >= 15 is 0 Å². The molecule has 56 heavy (non-hydrogen) atoms. The first-order valence-corrected chi connectivity index (χ1v) is 16.3. The molecule has 0 unspecified atom stereocenters. The summed E-state index contributed by atoms with van der Waals surface area (Å²) < 4.78 is 158. The number of hydrogen-bond acceptors (Lipinski definition) is 8. The Hall–Kier alpha value is -5.26. The summed E-state index contributed by atoms with van der Waals surface area (Å²) in [4.78, 5) is 26.9. The number of nitrogens with zero attached hydrogens (tertiary/aromatic N) is 8. The highest BCUT2D eigenvalue weighted by molar-refractivity contribution is 5.77. The molecule has 0 saturated heterocycles. The molecule has 0 spiro atoms. The monoisotopic (exact) mass is 816 g/mol. The van der Waals surface area contributed by atoms with Gasteiger partial charge in [0.1, 0.15) is 11.6 Å². The van der Waals surface area contributed by atoms with Crippen molar-refractivity contribution < 1.29 is 72.5 Å². The van der Waals surface area contributed by atoms with Crippen LogP contribution < -0.4 is 0 Å². The quantitative estimate of drug-likeness (QED) is 0.200. The summed E-state index contributed by atoms with van der Waals surface area (Å²) in [5.41, 5.74) is -0.597. The summed E-state index contributed by atoms with van der Waals surface area (Å²) in [7, 11) is 0. The minimum absolute atomic E-state index is 0.0481. The van der Waals surface area contributed by atoms with Gasteiger partial charge in [-0.1, -0.05) is 0 Å². The van der Waals surface area contributed by atoms with Gasteiger partial charge in [0.25, 0.3) is 0 Å². The Labute approximate surface area is 307 Å². The predicted molar refractivity (Wildman–Crippen MR) is 162 cm³/mol. The van der Waals surface area contributed by atoms with Gasteiger partial charge in [0.05, 0.1) is 38.1 Å². The number of halogens is 12. The normalized spacial score (nSPS) is 15.5. The Morgan fingerprint density at radius 2 is 0.893 bits per heavy atom. The number of amides is 2. The maximum absolute atomic E-state index is 13.6. The van der Waals surface area contributed by atoms with Gasteiger partial charge in [0.2, 0.25) is 23.5 Å². The SMILES string of the molecule is O=C(C[C@@H](O)Cc1cc(F)c(F)cc1F)N1CCn2c(nnc2C(F)(F)F)C1.O=C(C[C@H](O)Cc1cc(F)c(F)cc1F)N1CCn2c(nnc2C(F)(F)F)C1. The van der Waals surface area contributed by atoms with Crippen molar-refractivity contribution in [1.29, 1.82) is 0 Å². The van der Waals surface area contributed by atoms with Gasteiger partial charge in [0, 0.05) is 51.2 Å². The second-order valence-electron chi connectivity index (χ2n) is 12.6. The lowest BCUT2D eigenvalue weighted by Crippen LogP contribution is -2.40. The van der Waals surface area contributed by atoms with Crippen LogP contribution in [0.5, 0.6) is 0 Å². The number of fused-ring (bicyclic) bond motifs is 2. The van der Waals surface area contributed by atoms with E-state index in [0.29, 0.717) is 24.3 Å². The number of hydrogen-bond donors (Lipinski definition) is 2. The van der Waals surface area contributed by atoms with Crippen LogP contribution in [0, 0.1) is 34.9 Å². The molecule has 2 amide bonds. The number of alkyl halides is 6. The first kappa shape index (κ1) is 41.9. The molecule has 2 N–H and O–H groups in total. The Kier molecular flexibility index (Phi) is 12.3. The number of rotatable bonds is 8. The summed E-state index contributed by atoms with van der Waals surface area (Å²) in [6.07, 6.45) is -13.9. The number of aromatic nitrogens is 6. The van der Waals surface area contributed by atoms with E-state index in [2.05, 4.69) is 20.4 Å². The second kappa shape index (κ2) is 16.5. The zero-order valence-corrected chi connectivity index (χ0v) is 28.4. The lowest BCUT2D eigenvalue weighted by Gasteiger charge is -2.28. The summed E-state index contributed by atoms with van der Waals surface area (Å²) in [5, 5.41) is 33.0. The lowest BCUT2D eigenvalue weighted by molar-refractivity contribution is -0.149. The van der Waals surface area contributed by atoms with Crippen molar-refractivity contribution in [2.24, 2.45) is 0 Å². The Morgan fingerprint density at radius 3 is 1.23 bits per heavy atom. The number of aliphatic hydroxyl groups is 2. The molecule has 304 valence electrons. The first-order valence-electron chi connectivity index (χ1n) is 16.3. The van der Waals surface area contributed by atoms with Crippen LogP contribution in [-0.2, 0) is 61.0 Å². The zero-order valence-electron chi connectivity index (χ0n) is 28.4. The van der Waals surface area contributed by atoms with E-state index in [1.807, 2.05) is 0 Å². The van der Waals surface area contributed by atoms with Crippen LogP contribution in [0.25, 0.3) is 0 Å². The van der Waals surface area contributed by atoms with E-state index in [0.717, 1.165) is 9.13 Å². The minimum atomic E-state index is -4.66. The maximum Gasteiger partial charge on any atom is 0.451 e. The Balaban J connectivity index is 0.000000214. The fourth-order valence-corrected chi connectivity index (χ4v) is 5.91. The third-order valence-corrected chi connectivity index (χ3v) is 8.63. The van der Waals surface area contributed by atoms with Crippen LogP contribution in [0.2, 0.25) is 0 Å². The standard InChI is InChI=1S/2C16H14F6N4O2/c2*17-10-6-12(19)11(18)4-8(10)3-9(27)5-14(28)25-1-2-26-13(7-25)23-24-15(26)16(20,21)22/h2*4,6,9,27H,1-3,5,7H2/t2*9-/m10/s1. The molecule has 0 radical (unpaired) electrons. The van der Waals surface area contributed by atoms with E-state index in [1.165, 1.54) is 9.80 Å². The van der Waals surface area contributed by atoms with Crippen LogP contribution >= 0.6 is 0 Å². The van der Waals surface area contributed by atoms with Crippen LogP contribution in [0.1, 0.15) is 47.3 Å². The zero-order chi connectivity index (χ0) is 41.3. The predicted octanol–water partition coefficient (Wildman–Crippen LogP) is 4.10. The highest BCUT2D eigenvalue weighted by atomic mass is 19.4.